The lowest BCUT2D eigenvalue weighted by Gasteiger charge is -2.55. The zero-order chi connectivity index (χ0) is 15.4. The summed E-state index contributed by atoms with van der Waals surface area (Å²) in [6, 6.07) is 1.12. The predicted octanol–water partition coefficient (Wildman–Crippen LogP) is 2.67. The minimum Gasteiger partial charge on any atom is -0.377 e. The summed E-state index contributed by atoms with van der Waals surface area (Å²) >= 11 is 0. The van der Waals surface area contributed by atoms with Gasteiger partial charge in [0.25, 0.3) is 0 Å². The number of ether oxygens (including phenoxy) is 1. The summed E-state index contributed by atoms with van der Waals surface area (Å²) in [5, 5.41) is 8.66. The van der Waals surface area contributed by atoms with Crippen molar-refractivity contribution in [1.82, 2.24) is 20.1 Å². The van der Waals surface area contributed by atoms with Crippen molar-refractivity contribution in [1.29, 1.82) is 0 Å². The van der Waals surface area contributed by atoms with Crippen molar-refractivity contribution in [2.45, 2.75) is 70.2 Å². The van der Waals surface area contributed by atoms with E-state index in [0.29, 0.717) is 12.6 Å². The Bertz CT molecular complexity index is 556. The minimum absolute atomic E-state index is 0.393. The Kier molecular flexibility index (Phi) is 3.48. The van der Waals surface area contributed by atoms with Gasteiger partial charge in [0.15, 0.2) is 5.82 Å². The molecule has 0 aromatic carbocycles. The van der Waals surface area contributed by atoms with Crippen LogP contribution < -0.4 is 5.32 Å². The molecule has 1 aromatic heterocycles. The van der Waals surface area contributed by atoms with Crippen LogP contribution >= 0.6 is 0 Å². The number of rotatable bonds is 4. The van der Waals surface area contributed by atoms with Gasteiger partial charge in [0, 0.05) is 19.7 Å². The van der Waals surface area contributed by atoms with Crippen LogP contribution in [0.3, 0.4) is 0 Å². The van der Waals surface area contributed by atoms with E-state index in [4.69, 9.17) is 9.72 Å². The van der Waals surface area contributed by atoms with Crippen LogP contribution in [-0.4, -0.2) is 27.9 Å². The minimum atomic E-state index is 0.393. The predicted molar refractivity (Wildman–Crippen MR) is 86.7 cm³/mol. The fourth-order valence-corrected chi connectivity index (χ4v) is 6.18. The quantitative estimate of drug-likeness (QED) is 0.928. The molecule has 0 amide bonds. The van der Waals surface area contributed by atoms with Crippen molar-refractivity contribution in [2.75, 3.05) is 7.11 Å². The number of fused-ring (bicyclic) bond motifs is 1. The number of aromatic nitrogens is 3. The Hall–Kier alpha value is -0.940. The van der Waals surface area contributed by atoms with E-state index in [2.05, 4.69) is 15.1 Å². The van der Waals surface area contributed by atoms with E-state index in [1.54, 1.807) is 7.11 Å². The summed E-state index contributed by atoms with van der Waals surface area (Å²) in [7, 11) is 1.71. The molecule has 5 aliphatic rings. The summed E-state index contributed by atoms with van der Waals surface area (Å²) in [4.78, 5) is 4.77. The molecule has 23 heavy (non-hydrogen) atoms. The Morgan fingerprint density at radius 2 is 1.87 bits per heavy atom. The zero-order valence-corrected chi connectivity index (χ0v) is 14.1. The van der Waals surface area contributed by atoms with Crippen LogP contribution in [0, 0.1) is 23.7 Å². The molecule has 126 valence electrons. The molecule has 2 heterocycles. The normalized spacial score (nSPS) is 41.3. The van der Waals surface area contributed by atoms with Crippen molar-refractivity contribution in [3.63, 3.8) is 0 Å². The van der Waals surface area contributed by atoms with Gasteiger partial charge in [0.2, 0.25) is 0 Å². The molecule has 1 atom stereocenters. The topological polar surface area (TPSA) is 52.0 Å². The molecule has 5 nitrogen and oxygen atoms in total. The summed E-state index contributed by atoms with van der Waals surface area (Å²) in [5.74, 6) is 5.90. The van der Waals surface area contributed by atoms with E-state index in [0.717, 1.165) is 47.9 Å². The molecule has 4 fully saturated rings. The van der Waals surface area contributed by atoms with Crippen molar-refractivity contribution in [3.05, 3.63) is 11.6 Å². The number of hydrogen-bond acceptors (Lipinski definition) is 4. The molecule has 1 N–H and O–H groups in total. The first-order chi connectivity index (χ1) is 11.3. The van der Waals surface area contributed by atoms with Crippen LogP contribution in [-0.2, 0) is 17.9 Å². The van der Waals surface area contributed by atoms with Crippen LogP contribution in [0.25, 0.3) is 0 Å². The summed E-state index contributed by atoms with van der Waals surface area (Å²) in [5.41, 5.74) is 0. The van der Waals surface area contributed by atoms with Gasteiger partial charge in [-0.05, 0) is 68.6 Å². The molecule has 5 heteroatoms. The Morgan fingerprint density at radius 1 is 1.13 bits per heavy atom. The molecule has 4 bridgehead atoms. The first-order valence-electron chi connectivity index (χ1n) is 9.48. The van der Waals surface area contributed by atoms with Gasteiger partial charge < -0.3 is 10.1 Å². The van der Waals surface area contributed by atoms with Gasteiger partial charge in [-0.3, -0.25) is 0 Å². The highest BCUT2D eigenvalue weighted by Gasteiger charge is 2.48. The number of nitrogens with one attached hydrogen (secondary N) is 1. The lowest BCUT2D eigenvalue weighted by molar-refractivity contribution is -0.0193. The maximum atomic E-state index is 5.21. The number of hydrogen-bond donors (Lipinski definition) is 1. The first-order valence-corrected chi connectivity index (χ1v) is 9.48. The van der Waals surface area contributed by atoms with E-state index >= 15 is 0 Å². The maximum Gasteiger partial charge on any atom is 0.176 e. The Labute approximate surface area is 138 Å². The van der Waals surface area contributed by atoms with Crippen LogP contribution in [0.4, 0.5) is 0 Å². The second-order valence-corrected chi connectivity index (χ2v) is 8.36. The molecule has 1 aliphatic heterocycles. The van der Waals surface area contributed by atoms with E-state index in [-0.39, 0.29) is 0 Å². The molecule has 6 rings (SSSR count). The fourth-order valence-electron chi connectivity index (χ4n) is 6.18. The van der Waals surface area contributed by atoms with Gasteiger partial charge in [-0.2, -0.15) is 5.10 Å². The van der Waals surface area contributed by atoms with E-state index in [9.17, 15) is 0 Å². The van der Waals surface area contributed by atoms with Crippen molar-refractivity contribution >= 4 is 0 Å². The summed E-state index contributed by atoms with van der Waals surface area (Å²) in [6.07, 6.45) is 9.82. The molecule has 0 spiro atoms. The number of aryl methyl sites for hydroxylation is 1. The Balaban J connectivity index is 1.35. The van der Waals surface area contributed by atoms with Crippen molar-refractivity contribution in [3.8, 4) is 0 Å². The third-order valence-electron chi connectivity index (χ3n) is 6.81. The second-order valence-electron chi connectivity index (χ2n) is 8.36. The molecule has 1 aromatic rings. The smallest absolute Gasteiger partial charge is 0.176 e. The van der Waals surface area contributed by atoms with E-state index in [1.807, 2.05) is 0 Å². The van der Waals surface area contributed by atoms with E-state index in [1.165, 1.54) is 44.9 Å². The molecule has 0 saturated heterocycles. The molecular weight excluding hydrogens is 288 g/mol. The van der Waals surface area contributed by atoms with Crippen molar-refractivity contribution < 1.29 is 4.74 Å². The second kappa shape index (κ2) is 5.55. The number of nitrogens with zero attached hydrogens (tertiary/aromatic N) is 3. The molecule has 4 saturated carbocycles. The van der Waals surface area contributed by atoms with Gasteiger partial charge in [-0.15, -0.1) is 0 Å². The lowest BCUT2D eigenvalue weighted by atomic mass is 9.54. The molecule has 0 unspecified atom stereocenters. The largest absolute Gasteiger partial charge is 0.377 e. The monoisotopic (exact) mass is 316 g/mol. The summed E-state index contributed by atoms with van der Waals surface area (Å²) < 4.78 is 7.33. The highest BCUT2D eigenvalue weighted by atomic mass is 16.5. The standard InChI is InChI=1S/C18H28N4O/c1-23-10-16-20-18-15(3-2-4-22(18)21-16)19-17-13-6-11-5-12(8-13)9-14(17)7-11/h11-15,17,19H,2-10H2,1H3/t11?,12?,13?,14?,15-,17?/m1/s1. The maximum absolute atomic E-state index is 5.21. The van der Waals surface area contributed by atoms with Gasteiger partial charge >= 0.3 is 0 Å². The highest BCUT2D eigenvalue weighted by Crippen LogP contribution is 2.54. The van der Waals surface area contributed by atoms with Gasteiger partial charge in [-0.25, -0.2) is 9.67 Å². The van der Waals surface area contributed by atoms with Gasteiger partial charge in [0.1, 0.15) is 12.4 Å². The van der Waals surface area contributed by atoms with Crippen LogP contribution in [0.15, 0.2) is 0 Å². The first kappa shape index (κ1) is 14.4. The zero-order valence-electron chi connectivity index (χ0n) is 14.1. The Morgan fingerprint density at radius 3 is 2.57 bits per heavy atom. The lowest BCUT2D eigenvalue weighted by Crippen LogP contribution is -2.55. The third kappa shape index (κ3) is 2.43. The van der Waals surface area contributed by atoms with E-state index < -0.39 is 0 Å². The molecular formula is C18H28N4O. The fraction of sp³-hybridized carbons (Fsp3) is 0.889. The average molecular weight is 316 g/mol. The highest BCUT2D eigenvalue weighted by molar-refractivity contribution is 5.07. The summed E-state index contributed by atoms with van der Waals surface area (Å²) in [6.45, 7) is 1.52. The number of methoxy groups -OCH3 is 1. The van der Waals surface area contributed by atoms with Gasteiger partial charge in [0.05, 0.1) is 6.04 Å². The third-order valence-corrected chi connectivity index (χ3v) is 6.81. The van der Waals surface area contributed by atoms with Crippen molar-refractivity contribution in [2.24, 2.45) is 23.7 Å². The average Bonchev–Trinajstić information content (AvgIpc) is 2.94. The van der Waals surface area contributed by atoms with Gasteiger partial charge in [-0.1, -0.05) is 0 Å². The molecule has 4 aliphatic carbocycles. The van der Waals surface area contributed by atoms with Crippen LogP contribution in [0.5, 0.6) is 0 Å². The SMILES string of the molecule is COCc1nc2n(n1)CCC[C@H]2NC1C2CC3CC(C2)CC1C3. The molecule has 0 radical (unpaired) electrons. The van der Waals surface area contributed by atoms with Crippen LogP contribution in [0.1, 0.15) is 62.6 Å². The van der Waals surface area contributed by atoms with Crippen LogP contribution in [0.2, 0.25) is 0 Å².